The third-order valence-electron chi connectivity index (χ3n) is 5.83. The van der Waals surface area contributed by atoms with E-state index >= 15 is 0 Å². The molecule has 4 heterocycles. The second-order valence-electron chi connectivity index (χ2n) is 8.12. The second-order valence-corrected chi connectivity index (χ2v) is 8.12. The average molecular weight is 373 g/mol. The summed E-state index contributed by atoms with van der Waals surface area (Å²) in [6, 6.07) is 0.454. The van der Waals surface area contributed by atoms with Gasteiger partial charge in [0.05, 0.1) is 26.0 Å². The largest absolute Gasteiger partial charge is 0.379 e. The van der Waals surface area contributed by atoms with E-state index in [1.165, 1.54) is 29.9 Å². The molecule has 7 heteroatoms. The molecular weight excluding hydrogens is 340 g/mol. The number of aromatic amines is 1. The van der Waals surface area contributed by atoms with E-state index in [4.69, 9.17) is 4.74 Å². The summed E-state index contributed by atoms with van der Waals surface area (Å²) in [5.41, 5.74) is 2.69. The third-order valence-corrected chi connectivity index (χ3v) is 5.83. The highest BCUT2D eigenvalue weighted by molar-refractivity contribution is 5.21. The Bertz CT molecular complexity index is 718. The lowest BCUT2D eigenvalue weighted by Gasteiger charge is -2.33. The molecule has 0 unspecified atom stereocenters. The Labute approximate surface area is 161 Å². The van der Waals surface area contributed by atoms with Gasteiger partial charge in [-0.05, 0) is 33.2 Å². The smallest absolute Gasteiger partial charge is 0.123 e. The lowest BCUT2D eigenvalue weighted by atomic mass is 9.92. The number of rotatable bonds is 6. The Hall–Kier alpha value is -1.70. The maximum Gasteiger partial charge on any atom is 0.123 e. The summed E-state index contributed by atoms with van der Waals surface area (Å²) >= 11 is 0. The fourth-order valence-corrected chi connectivity index (χ4v) is 4.37. The summed E-state index contributed by atoms with van der Waals surface area (Å²) in [7, 11) is 0. The van der Waals surface area contributed by atoms with Crippen molar-refractivity contribution in [2.45, 2.75) is 51.7 Å². The molecule has 2 fully saturated rings. The summed E-state index contributed by atoms with van der Waals surface area (Å²) in [5, 5.41) is 7.70. The fraction of sp³-hybridized carbons (Fsp3) is 0.700. The van der Waals surface area contributed by atoms with Crippen LogP contribution in [0.2, 0.25) is 0 Å². The van der Waals surface area contributed by atoms with E-state index in [2.05, 4.69) is 49.6 Å². The van der Waals surface area contributed by atoms with Crippen LogP contribution in [0.15, 0.2) is 18.6 Å². The van der Waals surface area contributed by atoms with Crippen molar-refractivity contribution in [1.82, 2.24) is 29.5 Å². The molecule has 2 aliphatic heterocycles. The van der Waals surface area contributed by atoms with Gasteiger partial charge in [0.15, 0.2) is 0 Å². The highest BCUT2D eigenvalue weighted by Gasteiger charge is 2.26. The van der Waals surface area contributed by atoms with Crippen LogP contribution in [0.25, 0.3) is 0 Å². The maximum atomic E-state index is 5.48. The van der Waals surface area contributed by atoms with E-state index in [1.54, 1.807) is 0 Å². The molecule has 2 aliphatic rings. The first-order valence-electron chi connectivity index (χ1n) is 10.3. The number of ether oxygens (including phenoxy) is 1. The summed E-state index contributed by atoms with van der Waals surface area (Å²) in [4.78, 5) is 9.62. The molecule has 0 aliphatic carbocycles. The number of nitrogens with one attached hydrogen (secondary N) is 1. The molecule has 7 nitrogen and oxygen atoms in total. The van der Waals surface area contributed by atoms with Gasteiger partial charge in [-0.25, -0.2) is 4.98 Å². The molecule has 0 saturated carbocycles. The van der Waals surface area contributed by atoms with Crippen LogP contribution < -0.4 is 0 Å². The van der Waals surface area contributed by atoms with Gasteiger partial charge in [-0.3, -0.25) is 14.9 Å². The van der Waals surface area contributed by atoms with E-state index in [0.717, 1.165) is 52.5 Å². The molecule has 2 aromatic rings. The Morgan fingerprint density at radius 2 is 2.04 bits per heavy atom. The molecule has 0 spiro atoms. The number of hydrogen-bond acceptors (Lipinski definition) is 5. The van der Waals surface area contributed by atoms with Gasteiger partial charge < -0.3 is 9.30 Å². The molecule has 0 radical (unpaired) electrons. The van der Waals surface area contributed by atoms with Gasteiger partial charge in [0, 0.05) is 61.8 Å². The molecule has 2 aromatic heterocycles. The highest BCUT2D eigenvalue weighted by atomic mass is 16.5. The van der Waals surface area contributed by atoms with Crippen molar-refractivity contribution in [3.05, 3.63) is 35.7 Å². The van der Waals surface area contributed by atoms with Crippen molar-refractivity contribution in [1.29, 1.82) is 0 Å². The van der Waals surface area contributed by atoms with Crippen LogP contribution in [0.5, 0.6) is 0 Å². The number of likely N-dealkylation sites (tertiary alicyclic amines) is 1. The highest BCUT2D eigenvalue weighted by Crippen LogP contribution is 2.29. The Balaban J connectivity index is 1.41. The summed E-state index contributed by atoms with van der Waals surface area (Å²) in [5.74, 6) is 1.70. The summed E-state index contributed by atoms with van der Waals surface area (Å²) < 4.78 is 7.76. The van der Waals surface area contributed by atoms with Crippen molar-refractivity contribution in [2.24, 2.45) is 0 Å². The Kier molecular flexibility index (Phi) is 5.90. The van der Waals surface area contributed by atoms with Gasteiger partial charge >= 0.3 is 0 Å². The van der Waals surface area contributed by atoms with Gasteiger partial charge in [0.2, 0.25) is 0 Å². The molecule has 1 atom stereocenters. The van der Waals surface area contributed by atoms with E-state index in [-0.39, 0.29) is 0 Å². The fourth-order valence-electron chi connectivity index (χ4n) is 4.37. The molecule has 148 valence electrons. The van der Waals surface area contributed by atoms with E-state index in [0.29, 0.717) is 12.0 Å². The minimum Gasteiger partial charge on any atom is -0.379 e. The van der Waals surface area contributed by atoms with Crippen molar-refractivity contribution in [3.8, 4) is 0 Å². The van der Waals surface area contributed by atoms with Crippen LogP contribution in [-0.4, -0.2) is 68.9 Å². The van der Waals surface area contributed by atoms with Crippen molar-refractivity contribution >= 4 is 0 Å². The standard InChI is InChI=1S/C20H32N6O/c1-16(2)26-7-5-21-19(26)15-25-6-3-4-17(13-25)20-18(12-22-23-20)14-24-8-10-27-11-9-24/h5,7,12,16-17H,3-4,6,8-11,13-15H2,1-2H3,(H,22,23)/t17-/m0/s1. The molecule has 0 aromatic carbocycles. The normalized spacial score (nSPS) is 22.6. The zero-order valence-corrected chi connectivity index (χ0v) is 16.6. The topological polar surface area (TPSA) is 62.2 Å². The van der Waals surface area contributed by atoms with Crippen LogP contribution >= 0.6 is 0 Å². The molecule has 4 rings (SSSR count). The van der Waals surface area contributed by atoms with Gasteiger partial charge in [0.25, 0.3) is 0 Å². The minimum absolute atomic E-state index is 0.454. The zero-order valence-electron chi connectivity index (χ0n) is 16.6. The van der Waals surface area contributed by atoms with E-state index in [9.17, 15) is 0 Å². The first-order valence-corrected chi connectivity index (χ1v) is 10.3. The molecule has 27 heavy (non-hydrogen) atoms. The lowest BCUT2D eigenvalue weighted by molar-refractivity contribution is 0.0339. The molecule has 1 N–H and O–H groups in total. The summed E-state index contributed by atoms with van der Waals surface area (Å²) in [6.45, 7) is 12.3. The van der Waals surface area contributed by atoms with Crippen LogP contribution in [-0.2, 0) is 17.8 Å². The van der Waals surface area contributed by atoms with E-state index in [1.807, 2.05) is 12.4 Å². The number of piperidine rings is 1. The first kappa shape index (κ1) is 18.7. The average Bonchev–Trinajstić information content (AvgIpc) is 3.32. The predicted molar refractivity (Wildman–Crippen MR) is 105 cm³/mol. The molecular formula is C20H32N6O. The van der Waals surface area contributed by atoms with Gasteiger partial charge in [-0.15, -0.1) is 0 Å². The zero-order chi connectivity index (χ0) is 18.6. The van der Waals surface area contributed by atoms with Gasteiger partial charge in [0.1, 0.15) is 5.82 Å². The first-order chi connectivity index (χ1) is 13.2. The lowest BCUT2D eigenvalue weighted by Crippen LogP contribution is -2.37. The quantitative estimate of drug-likeness (QED) is 0.844. The minimum atomic E-state index is 0.454. The van der Waals surface area contributed by atoms with Gasteiger partial charge in [-0.2, -0.15) is 5.10 Å². The monoisotopic (exact) mass is 372 g/mol. The van der Waals surface area contributed by atoms with Crippen molar-refractivity contribution in [2.75, 3.05) is 39.4 Å². The predicted octanol–water partition coefficient (Wildman–Crippen LogP) is 2.40. The third kappa shape index (κ3) is 4.42. The van der Waals surface area contributed by atoms with Crippen molar-refractivity contribution in [3.63, 3.8) is 0 Å². The van der Waals surface area contributed by atoms with Gasteiger partial charge in [-0.1, -0.05) is 0 Å². The van der Waals surface area contributed by atoms with E-state index < -0.39 is 0 Å². The number of nitrogens with zero attached hydrogens (tertiary/aromatic N) is 5. The van der Waals surface area contributed by atoms with Crippen LogP contribution in [0.3, 0.4) is 0 Å². The molecule has 0 amide bonds. The summed E-state index contributed by atoms with van der Waals surface area (Å²) in [6.07, 6.45) is 8.49. The van der Waals surface area contributed by atoms with Crippen LogP contribution in [0.4, 0.5) is 0 Å². The van der Waals surface area contributed by atoms with Crippen molar-refractivity contribution < 1.29 is 4.74 Å². The SMILES string of the molecule is CC(C)n1ccnc1CN1CCC[C@H](c2[nH]ncc2CN2CCOCC2)C1. The van der Waals surface area contributed by atoms with Crippen LogP contribution in [0.1, 0.15) is 55.7 Å². The number of hydrogen-bond donors (Lipinski definition) is 1. The Morgan fingerprint density at radius 3 is 2.85 bits per heavy atom. The molecule has 0 bridgehead atoms. The second kappa shape index (κ2) is 8.54. The molecule has 2 saturated heterocycles. The number of aromatic nitrogens is 4. The number of morpholine rings is 1. The van der Waals surface area contributed by atoms with Crippen LogP contribution in [0, 0.1) is 0 Å². The maximum absolute atomic E-state index is 5.48. The number of H-pyrrole nitrogens is 1. The number of imidazole rings is 1. The Morgan fingerprint density at radius 1 is 1.19 bits per heavy atom.